The van der Waals surface area contributed by atoms with Crippen molar-refractivity contribution in [2.45, 2.75) is 52.2 Å². The number of carbonyl (C=O) groups excluding carboxylic acids is 3. The van der Waals surface area contributed by atoms with Crippen LogP contribution in [0.1, 0.15) is 55.1 Å². The van der Waals surface area contributed by atoms with E-state index in [1.54, 1.807) is 12.1 Å². The number of hydrogen-bond donors (Lipinski definition) is 5. The van der Waals surface area contributed by atoms with Crippen LogP contribution in [0.4, 0.5) is 5.69 Å². The number of aliphatic hydroxyl groups is 3. The number of ketones is 2. The highest BCUT2D eigenvalue weighted by molar-refractivity contribution is 6.25. The average Bonchev–Trinajstić information content (AvgIpc) is 2.81. The predicted octanol–water partition coefficient (Wildman–Crippen LogP) is 2.78. The van der Waals surface area contributed by atoms with Crippen LogP contribution in [0.2, 0.25) is 0 Å². The monoisotopic (exact) mass is 511 g/mol. The third kappa shape index (κ3) is 4.25. The second-order valence-electron chi connectivity index (χ2n) is 10.9. The Bertz CT molecular complexity index is 1310. The van der Waals surface area contributed by atoms with E-state index in [4.69, 9.17) is 5.84 Å². The normalized spacial score (nSPS) is 25.7. The van der Waals surface area contributed by atoms with Gasteiger partial charge in [0.2, 0.25) is 5.78 Å². The highest BCUT2D eigenvalue weighted by Crippen LogP contribution is 2.51. The summed E-state index contributed by atoms with van der Waals surface area (Å²) in [5, 5.41) is 45.2. The van der Waals surface area contributed by atoms with E-state index < -0.39 is 52.0 Å². The molecule has 0 aromatic heterocycles. The zero-order valence-corrected chi connectivity index (χ0v) is 20.7. The minimum atomic E-state index is -2.64. The predicted molar refractivity (Wildman–Crippen MR) is 131 cm³/mol. The van der Waals surface area contributed by atoms with E-state index in [0.29, 0.717) is 17.7 Å². The molecular formula is C25H29N5O7. The molecule has 3 aliphatic carbocycles. The van der Waals surface area contributed by atoms with E-state index >= 15 is 0 Å². The van der Waals surface area contributed by atoms with Gasteiger partial charge in [0, 0.05) is 31.0 Å². The van der Waals surface area contributed by atoms with Crippen molar-refractivity contribution >= 4 is 23.2 Å². The van der Waals surface area contributed by atoms with Gasteiger partial charge >= 0.3 is 5.91 Å². The summed E-state index contributed by atoms with van der Waals surface area (Å²) >= 11 is 0. The Kier molecular flexibility index (Phi) is 6.59. The number of rotatable bonds is 5. The lowest BCUT2D eigenvalue weighted by molar-refractivity contribution is -0.144. The molecule has 0 radical (unpaired) electrons. The number of amides is 1. The number of nitrogens with two attached hydrogens (primary N) is 1. The molecule has 4 rings (SSSR count). The number of aliphatic hydroxyl groups excluding tert-OH is 2. The number of nitrogens with zero attached hydrogens (tertiary/aromatic N) is 3. The van der Waals surface area contributed by atoms with Gasteiger partial charge in [0.25, 0.3) is 0 Å². The fraction of sp³-hybridized carbons (Fsp3) is 0.480. The van der Waals surface area contributed by atoms with Crippen molar-refractivity contribution in [3.05, 3.63) is 56.4 Å². The molecule has 6 N–H and O–H groups in total. The standard InChI is InChI=1S/C25H29N5O7/c1-24(2,3)10-27-9-12-5-4-11-6-13-7-14-8-15(31)18(23(35)28-30-26)22(34)25(14,36)21(33)17(13)20(32)16(11)19(12)29-37/h4-5,13-14,27,31,33,36H,6-10H2,1-3H3,(H2,26,28,35)/t13-,14-,25-/m0/s1. The molecule has 0 bridgehead atoms. The number of hydrogen-bond acceptors (Lipinski definition) is 10. The summed E-state index contributed by atoms with van der Waals surface area (Å²) in [5.74, 6) is -1.50. The third-order valence-electron chi connectivity index (χ3n) is 7.20. The lowest BCUT2D eigenvalue weighted by Gasteiger charge is -2.45. The van der Waals surface area contributed by atoms with Crippen molar-refractivity contribution in [3.63, 3.8) is 0 Å². The van der Waals surface area contributed by atoms with Crippen LogP contribution in [0.25, 0.3) is 0 Å². The van der Waals surface area contributed by atoms with Gasteiger partial charge in [-0.2, -0.15) is 0 Å². The van der Waals surface area contributed by atoms with Crippen LogP contribution in [-0.2, 0) is 22.6 Å². The van der Waals surface area contributed by atoms with Gasteiger partial charge < -0.3 is 26.5 Å². The molecule has 0 heterocycles. The highest BCUT2D eigenvalue weighted by atomic mass is 16.3. The molecule has 1 amide bonds. The lowest BCUT2D eigenvalue weighted by Crippen LogP contribution is -2.56. The third-order valence-corrected chi connectivity index (χ3v) is 7.20. The number of Topliss-reactive ketones (excluding diaryl/α,β-unsaturated/α-hetero) is 2. The van der Waals surface area contributed by atoms with Crippen LogP contribution < -0.4 is 11.2 Å². The molecule has 12 nitrogen and oxygen atoms in total. The molecule has 0 saturated carbocycles. The van der Waals surface area contributed by atoms with Gasteiger partial charge in [-0.15, -0.1) is 4.91 Å². The van der Waals surface area contributed by atoms with Gasteiger partial charge in [0.05, 0.1) is 5.56 Å². The van der Waals surface area contributed by atoms with E-state index in [1.807, 2.05) is 20.8 Å². The first-order valence-electron chi connectivity index (χ1n) is 11.9. The highest BCUT2D eigenvalue weighted by Gasteiger charge is 2.59. The van der Waals surface area contributed by atoms with Crippen LogP contribution in [0, 0.1) is 22.2 Å². The summed E-state index contributed by atoms with van der Waals surface area (Å²) < 4.78 is 0. The van der Waals surface area contributed by atoms with Crippen molar-refractivity contribution < 1.29 is 29.7 Å². The lowest BCUT2D eigenvalue weighted by atomic mass is 9.60. The van der Waals surface area contributed by atoms with E-state index in [-0.39, 0.29) is 48.0 Å². The Labute approximate surface area is 212 Å². The van der Waals surface area contributed by atoms with Crippen LogP contribution >= 0.6 is 0 Å². The molecule has 0 unspecified atom stereocenters. The van der Waals surface area contributed by atoms with Crippen molar-refractivity contribution in [2.24, 2.45) is 38.6 Å². The maximum absolute atomic E-state index is 13.7. The molecule has 1 aromatic rings. The van der Waals surface area contributed by atoms with Crippen molar-refractivity contribution in [1.82, 2.24) is 5.32 Å². The molecule has 0 saturated heterocycles. The van der Waals surface area contributed by atoms with Crippen LogP contribution in [-0.4, -0.2) is 44.9 Å². The largest absolute Gasteiger partial charge is 0.511 e. The van der Waals surface area contributed by atoms with Gasteiger partial charge in [0.15, 0.2) is 11.4 Å². The molecule has 3 aliphatic rings. The zero-order valence-electron chi connectivity index (χ0n) is 20.7. The minimum absolute atomic E-state index is 0.0137. The van der Waals surface area contributed by atoms with Crippen molar-refractivity contribution in [1.29, 1.82) is 0 Å². The van der Waals surface area contributed by atoms with Gasteiger partial charge in [-0.25, -0.2) is 0 Å². The fourth-order valence-electron chi connectivity index (χ4n) is 5.53. The van der Waals surface area contributed by atoms with Gasteiger partial charge in [-0.3, -0.25) is 14.4 Å². The molecule has 0 spiro atoms. The van der Waals surface area contributed by atoms with Crippen molar-refractivity contribution in [3.8, 4) is 0 Å². The van der Waals surface area contributed by atoms with Gasteiger partial charge in [0.1, 0.15) is 22.8 Å². The van der Waals surface area contributed by atoms with E-state index in [2.05, 4.69) is 20.8 Å². The van der Waals surface area contributed by atoms with Crippen LogP contribution in [0.3, 0.4) is 0 Å². The molecule has 3 atom stereocenters. The molecule has 0 aliphatic heterocycles. The summed E-state index contributed by atoms with van der Waals surface area (Å²) in [6.07, 6.45) is 0.00438. The van der Waals surface area contributed by atoms with E-state index in [9.17, 15) is 34.6 Å². The first-order chi connectivity index (χ1) is 17.3. The zero-order chi connectivity index (χ0) is 27.3. The van der Waals surface area contributed by atoms with Crippen LogP contribution in [0.15, 0.2) is 50.3 Å². The quantitative estimate of drug-likeness (QED) is 0.129. The summed E-state index contributed by atoms with van der Waals surface area (Å²) in [7, 11) is 0. The number of allylic oxidation sites excluding steroid dienone is 2. The number of fused-ring (bicyclic) bond motifs is 3. The molecule has 12 heteroatoms. The smallest absolute Gasteiger partial charge is 0.304 e. The SMILES string of the molecule is CC(C)(C)CNCc1ccc2c(c1N=O)C(=O)C1=C(O)[C@]3(O)C(=O)C(C(=O)N=NN)=C(O)C[C@@H]3C[C@@H]1C2. The Morgan fingerprint density at radius 2 is 1.92 bits per heavy atom. The molecule has 0 fully saturated rings. The number of carbonyl (C=O) groups is 3. The second-order valence-corrected chi connectivity index (χ2v) is 10.9. The minimum Gasteiger partial charge on any atom is -0.511 e. The summed E-state index contributed by atoms with van der Waals surface area (Å²) in [4.78, 5) is 51.0. The summed E-state index contributed by atoms with van der Waals surface area (Å²) in [6.45, 7) is 7.07. The Hall–Kier alpha value is -3.77. The Morgan fingerprint density at radius 1 is 1.22 bits per heavy atom. The number of benzene rings is 1. The fourth-order valence-corrected chi connectivity index (χ4v) is 5.53. The van der Waals surface area contributed by atoms with E-state index in [0.717, 1.165) is 0 Å². The Morgan fingerprint density at radius 3 is 2.54 bits per heavy atom. The maximum atomic E-state index is 13.7. The molecule has 196 valence electrons. The molecule has 1 aromatic carbocycles. The van der Waals surface area contributed by atoms with Gasteiger partial charge in [-0.05, 0) is 40.5 Å². The molecule has 37 heavy (non-hydrogen) atoms. The van der Waals surface area contributed by atoms with E-state index in [1.165, 1.54) is 0 Å². The Balaban J connectivity index is 1.78. The maximum Gasteiger partial charge on any atom is 0.304 e. The van der Waals surface area contributed by atoms with Gasteiger partial charge in [-0.1, -0.05) is 43.2 Å². The molecular weight excluding hydrogens is 482 g/mol. The average molecular weight is 512 g/mol. The second kappa shape index (κ2) is 9.27. The number of nitrogens with one attached hydrogen (secondary N) is 1. The first-order valence-corrected chi connectivity index (χ1v) is 11.9. The summed E-state index contributed by atoms with van der Waals surface area (Å²) in [5.41, 5.74) is -2.71. The van der Waals surface area contributed by atoms with Crippen molar-refractivity contribution in [2.75, 3.05) is 6.54 Å². The topological polar surface area (TPSA) is 204 Å². The number of nitroso groups, excluding NO2 is 1. The van der Waals surface area contributed by atoms with Crippen LogP contribution in [0.5, 0.6) is 0 Å². The first kappa shape index (κ1) is 26.3. The summed E-state index contributed by atoms with van der Waals surface area (Å²) in [6, 6.07) is 3.47.